The van der Waals surface area contributed by atoms with Gasteiger partial charge in [-0.25, -0.2) is 19.0 Å². The molecule has 2 aromatic heterocycles. The number of halogens is 1. The molecule has 0 saturated heterocycles. The fraction of sp³-hybridized carbons (Fsp3) is 0.214. The van der Waals surface area contributed by atoms with Crippen molar-refractivity contribution in [3.8, 4) is 5.69 Å². The summed E-state index contributed by atoms with van der Waals surface area (Å²) in [4.78, 5) is 8.37. The molecule has 2 heterocycles. The molecule has 0 aliphatic rings. The van der Waals surface area contributed by atoms with E-state index >= 15 is 0 Å². The van der Waals surface area contributed by atoms with Crippen LogP contribution >= 0.6 is 0 Å². The number of aliphatic hydroxyl groups excluding tert-OH is 1. The van der Waals surface area contributed by atoms with Crippen molar-refractivity contribution >= 4 is 16.9 Å². The van der Waals surface area contributed by atoms with Crippen LogP contribution in [0.15, 0.2) is 36.8 Å². The minimum absolute atomic E-state index is 0.302. The van der Waals surface area contributed by atoms with Crippen molar-refractivity contribution in [2.75, 3.05) is 11.9 Å². The lowest BCUT2D eigenvalue weighted by molar-refractivity contribution is 0.208. The number of nitrogens with one attached hydrogen (secondary N) is 1. The van der Waals surface area contributed by atoms with Crippen molar-refractivity contribution in [3.05, 3.63) is 42.6 Å². The molecule has 108 valence electrons. The lowest BCUT2D eigenvalue weighted by atomic mass is 10.3. The third-order valence-corrected chi connectivity index (χ3v) is 3.00. The normalized spacial score (nSPS) is 12.5. The van der Waals surface area contributed by atoms with E-state index < -0.39 is 6.10 Å². The molecule has 0 bridgehead atoms. The smallest absolute Gasteiger partial charge is 0.168 e. The molecule has 3 rings (SSSR count). The van der Waals surface area contributed by atoms with Crippen LogP contribution in [0, 0.1) is 5.82 Å². The van der Waals surface area contributed by atoms with Crippen LogP contribution in [-0.4, -0.2) is 37.5 Å². The van der Waals surface area contributed by atoms with Gasteiger partial charge in [0.25, 0.3) is 0 Å². The quantitative estimate of drug-likeness (QED) is 0.764. The summed E-state index contributed by atoms with van der Waals surface area (Å²) in [5, 5.41) is 17.4. The van der Waals surface area contributed by atoms with Crippen LogP contribution < -0.4 is 5.32 Å². The summed E-state index contributed by atoms with van der Waals surface area (Å²) in [5.41, 5.74) is 1.33. The third kappa shape index (κ3) is 2.68. The topological polar surface area (TPSA) is 75.9 Å². The minimum Gasteiger partial charge on any atom is -0.392 e. The molecular weight excluding hydrogens is 273 g/mol. The molecule has 0 spiro atoms. The van der Waals surface area contributed by atoms with Crippen molar-refractivity contribution < 1.29 is 9.50 Å². The number of rotatable bonds is 4. The lowest BCUT2D eigenvalue weighted by Crippen LogP contribution is -2.16. The Labute approximate surface area is 120 Å². The molecule has 6 nitrogen and oxygen atoms in total. The Morgan fingerprint density at radius 2 is 2.05 bits per heavy atom. The largest absolute Gasteiger partial charge is 0.392 e. The Balaban J connectivity index is 2.02. The zero-order valence-electron chi connectivity index (χ0n) is 11.4. The summed E-state index contributed by atoms with van der Waals surface area (Å²) in [5.74, 6) is 0.304. The van der Waals surface area contributed by atoms with E-state index in [9.17, 15) is 9.50 Å². The van der Waals surface area contributed by atoms with Gasteiger partial charge in [0.15, 0.2) is 5.65 Å². The van der Waals surface area contributed by atoms with Gasteiger partial charge in [0.2, 0.25) is 0 Å². The zero-order valence-corrected chi connectivity index (χ0v) is 11.4. The van der Waals surface area contributed by atoms with Gasteiger partial charge in [-0.1, -0.05) is 0 Å². The average molecular weight is 287 g/mol. The maximum absolute atomic E-state index is 13.0. The first-order valence-electron chi connectivity index (χ1n) is 6.52. The summed E-state index contributed by atoms with van der Waals surface area (Å²) >= 11 is 0. The van der Waals surface area contributed by atoms with Gasteiger partial charge >= 0.3 is 0 Å². The van der Waals surface area contributed by atoms with E-state index in [1.54, 1.807) is 29.9 Å². The second-order valence-corrected chi connectivity index (χ2v) is 4.72. The van der Waals surface area contributed by atoms with Gasteiger partial charge in [0.05, 0.1) is 23.4 Å². The van der Waals surface area contributed by atoms with Crippen molar-refractivity contribution in [2.45, 2.75) is 13.0 Å². The fourth-order valence-corrected chi connectivity index (χ4v) is 2.00. The monoisotopic (exact) mass is 287 g/mol. The van der Waals surface area contributed by atoms with Crippen molar-refractivity contribution in [2.24, 2.45) is 0 Å². The van der Waals surface area contributed by atoms with Gasteiger partial charge in [0.1, 0.15) is 18.0 Å². The number of aliphatic hydroxyl groups is 1. The molecule has 3 aromatic rings. The second-order valence-electron chi connectivity index (χ2n) is 4.72. The Bertz CT molecular complexity index is 754. The summed E-state index contributed by atoms with van der Waals surface area (Å²) in [6.07, 6.45) is 2.58. The predicted molar refractivity (Wildman–Crippen MR) is 76.8 cm³/mol. The zero-order chi connectivity index (χ0) is 14.8. The van der Waals surface area contributed by atoms with Gasteiger partial charge in [-0.05, 0) is 31.2 Å². The highest BCUT2D eigenvalue weighted by Gasteiger charge is 2.11. The van der Waals surface area contributed by atoms with Crippen molar-refractivity contribution in [1.29, 1.82) is 0 Å². The lowest BCUT2D eigenvalue weighted by Gasteiger charge is -2.08. The molecule has 7 heteroatoms. The maximum atomic E-state index is 13.0. The van der Waals surface area contributed by atoms with E-state index in [0.717, 1.165) is 5.39 Å². The first-order valence-corrected chi connectivity index (χ1v) is 6.52. The number of fused-ring (bicyclic) bond motifs is 1. The Morgan fingerprint density at radius 3 is 2.76 bits per heavy atom. The van der Waals surface area contributed by atoms with E-state index in [-0.39, 0.29) is 5.82 Å². The first kappa shape index (κ1) is 13.4. The molecule has 0 amide bonds. The van der Waals surface area contributed by atoms with Gasteiger partial charge in [-0.15, -0.1) is 0 Å². The van der Waals surface area contributed by atoms with E-state index in [2.05, 4.69) is 20.4 Å². The molecule has 0 aliphatic carbocycles. The van der Waals surface area contributed by atoms with E-state index in [1.165, 1.54) is 18.5 Å². The van der Waals surface area contributed by atoms with Gasteiger partial charge < -0.3 is 10.4 Å². The van der Waals surface area contributed by atoms with Crippen LogP contribution in [-0.2, 0) is 0 Å². The molecule has 1 atom stereocenters. The van der Waals surface area contributed by atoms with Crippen molar-refractivity contribution in [1.82, 2.24) is 19.7 Å². The molecule has 0 radical (unpaired) electrons. The van der Waals surface area contributed by atoms with Crippen LogP contribution in [0.4, 0.5) is 10.2 Å². The number of hydrogen-bond acceptors (Lipinski definition) is 5. The molecule has 1 aromatic carbocycles. The van der Waals surface area contributed by atoms with Crippen LogP contribution in [0.3, 0.4) is 0 Å². The molecule has 2 N–H and O–H groups in total. The summed E-state index contributed by atoms with van der Waals surface area (Å²) in [6.45, 7) is 2.07. The SMILES string of the molecule is C[C@H](O)CNc1ncnc2c1cnn2-c1ccc(F)cc1. The number of aromatic nitrogens is 4. The number of benzene rings is 1. The van der Waals surface area contributed by atoms with E-state index in [1.807, 2.05) is 0 Å². The molecule has 0 fully saturated rings. The molecule has 21 heavy (non-hydrogen) atoms. The number of hydrogen-bond donors (Lipinski definition) is 2. The summed E-state index contributed by atoms with van der Waals surface area (Å²) in [7, 11) is 0. The van der Waals surface area contributed by atoms with Gasteiger partial charge in [-0.3, -0.25) is 0 Å². The highest BCUT2D eigenvalue weighted by molar-refractivity contribution is 5.87. The van der Waals surface area contributed by atoms with Crippen LogP contribution in [0.1, 0.15) is 6.92 Å². The molecular formula is C14H14FN5O. The fourth-order valence-electron chi connectivity index (χ4n) is 2.00. The molecule has 0 saturated carbocycles. The standard InChI is InChI=1S/C14H14FN5O/c1-9(21)6-16-13-12-7-19-20(14(12)18-8-17-13)11-4-2-10(15)3-5-11/h2-5,7-9,21H,6H2,1H3,(H,16,17,18)/t9-/m0/s1. The van der Waals surface area contributed by atoms with Crippen LogP contribution in [0.25, 0.3) is 16.7 Å². The third-order valence-electron chi connectivity index (χ3n) is 3.00. The second kappa shape index (κ2) is 5.45. The number of nitrogens with zero attached hydrogens (tertiary/aromatic N) is 4. The van der Waals surface area contributed by atoms with Gasteiger partial charge in [-0.2, -0.15) is 5.10 Å². The number of anilines is 1. The highest BCUT2D eigenvalue weighted by Crippen LogP contribution is 2.21. The Kier molecular flexibility index (Phi) is 3.49. The van der Waals surface area contributed by atoms with E-state index in [0.29, 0.717) is 23.7 Å². The maximum Gasteiger partial charge on any atom is 0.168 e. The Hall–Kier alpha value is -2.54. The first-order chi connectivity index (χ1) is 10.1. The van der Waals surface area contributed by atoms with Crippen LogP contribution in [0.5, 0.6) is 0 Å². The van der Waals surface area contributed by atoms with E-state index in [4.69, 9.17) is 0 Å². The van der Waals surface area contributed by atoms with Crippen LogP contribution in [0.2, 0.25) is 0 Å². The Morgan fingerprint density at radius 1 is 1.29 bits per heavy atom. The minimum atomic E-state index is -0.484. The van der Waals surface area contributed by atoms with Crippen molar-refractivity contribution in [3.63, 3.8) is 0 Å². The molecule has 0 aliphatic heterocycles. The molecule has 0 unspecified atom stereocenters. The summed E-state index contributed by atoms with van der Waals surface area (Å²) in [6, 6.07) is 6.01. The average Bonchev–Trinajstić information content (AvgIpc) is 2.90. The summed E-state index contributed by atoms with van der Waals surface area (Å²) < 4.78 is 14.6. The predicted octanol–water partition coefficient (Wildman–Crippen LogP) is 1.75. The van der Waals surface area contributed by atoms with Gasteiger partial charge in [0, 0.05) is 6.54 Å². The highest BCUT2D eigenvalue weighted by atomic mass is 19.1.